The summed E-state index contributed by atoms with van der Waals surface area (Å²) < 4.78 is 33.3. The van der Waals surface area contributed by atoms with Gasteiger partial charge in [0.15, 0.2) is 5.82 Å². The molecule has 2 N–H and O–H groups in total. The molecular weight excluding hydrogens is 468 g/mol. The molecule has 0 saturated carbocycles. The lowest BCUT2D eigenvalue weighted by atomic mass is 9.97. The molecule has 0 aliphatic carbocycles. The van der Waals surface area contributed by atoms with Crippen molar-refractivity contribution in [2.45, 2.75) is 51.5 Å². The van der Waals surface area contributed by atoms with Crippen molar-refractivity contribution in [3.8, 4) is 16.9 Å². The molecule has 2 aromatic heterocycles. The minimum absolute atomic E-state index is 0.0133. The lowest BCUT2D eigenvalue weighted by Crippen LogP contribution is -2.28. The molecule has 2 aliphatic heterocycles. The number of carbonyl (C=O) groups is 1. The summed E-state index contributed by atoms with van der Waals surface area (Å²) in [6.07, 6.45) is 2.17. The number of amides is 1. The molecule has 1 amide bonds. The Morgan fingerprint density at radius 1 is 1.19 bits per heavy atom. The Morgan fingerprint density at radius 2 is 2.00 bits per heavy atom. The second-order valence-corrected chi connectivity index (χ2v) is 9.67. The van der Waals surface area contributed by atoms with Gasteiger partial charge in [0.25, 0.3) is 5.91 Å². The lowest BCUT2D eigenvalue weighted by molar-refractivity contribution is -0.0507. The summed E-state index contributed by atoms with van der Waals surface area (Å²) in [7, 11) is 0. The fraction of sp³-hybridized carbons (Fsp3) is 0.308. The molecule has 2 aromatic carbocycles. The van der Waals surface area contributed by atoms with Crippen molar-refractivity contribution in [3.63, 3.8) is 0 Å². The Morgan fingerprint density at radius 3 is 2.72 bits per heavy atom. The summed E-state index contributed by atoms with van der Waals surface area (Å²) in [4.78, 5) is 26.5. The fourth-order valence-corrected chi connectivity index (χ4v) is 5.22. The van der Waals surface area contributed by atoms with Gasteiger partial charge in [0.1, 0.15) is 17.2 Å². The van der Waals surface area contributed by atoms with Crippen LogP contribution in [0.2, 0.25) is 0 Å². The van der Waals surface area contributed by atoms with Crippen LogP contribution < -0.4 is 10.1 Å². The molecule has 0 radical (unpaired) electrons. The van der Waals surface area contributed by atoms with E-state index in [0.717, 1.165) is 22.2 Å². The molecule has 4 aromatic rings. The molecule has 2 atom stereocenters. The summed E-state index contributed by atoms with van der Waals surface area (Å²) in [5.41, 5.74) is 3.47. The third-order valence-electron chi connectivity index (χ3n) is 6.80. The maximum absolute atomic E-state index is 13.2. The molecule has 2 aliphatic rings. The number of nitrogens with zero attached hydrogens (tertiary/aromatic N) is 4. The summed E-state index contributed by atoms with van der Waals surface area (Å²) in [6.45, 7) is 2.10. The number of alkyl halides is 2. The van der Waals surface area contributed by atoms with Gasteiger partial charge in [0.05, 0.1) is 23.1 Å². The van der Waals surface area contributed by atoms with Gasteiger partial charge >= 0.3 is 6.61 Å². The number of fused-ring (bicyclic) bond motifs is 9. The first kappa shape index (κ1) is 22.5. The highest BCUT2D eigenvalue weighted by molar-refractivity contribution is 5.98. The summed E-state index contributed by atoms with van der Waals surface area (Å²) in [5, 5.41) is 13.2. The molecular formula is C26H23F2N5O3. The second-order valence-electron chi connectivity index (χ2n) is 9.67. The smallest absolute Gasteiger partial charge is 0.387 e. The minimum atomic E-state index is -3.01. The zero-order chi connectivity index (χ0) is 25.4. The van der Waals surface area contributed by atoms with Gasteiger partial charge in [-0.2, -0.15) is 8.78 Å². The SMILES string of the molecule is Cc1nc(C(C)(C)O)ncc1-c1ccc2nc3n(c2c1)C1CC3NC(=O)c2cccc(OC(F)F)c21. The van der Waals surface area contributed by atoms with Crippen molar-refractivity contribution in [1.29, 1.82) is 0 Å². The van der Waals surface area contributed by atoms with Gasteiger partial charge in [-0.25, -0.2) is 15.0 Å². The van der Waals surface area contributed by atoms with Crippen LogP contribution in [0, 0.1) is 6.92 Å². The first-order chi connectivity index (χ1) is 17.1. The van der Waals surface area contributed by atoms with Crippen LogP contribution in [0.3, 0.4) is 0 Å². The van der Waals surface area contributed by atoms with Crippen molar-refractivity contribution in [2.24, 2.45) is 0 Å². The first-order valence-corrected chi connectivity index (χ1v) is 11.6. The van der Waals surface area contributed by atoms with Crippen LogP contribution in [0.5, 0.6) is 5.75 Å². The molecule has 0 fully saturated rings. The number of nitrogens with one attached hydrogen (secondary N) is 1. The summed E-state index contributed by atoms with van der Waals surface area (Å²) in [5.74, 6) is 0.652. The van der Waals surface area contributed by atoms with Crippen LogP contribution in [0.4, 0.5) is 8.78 Å². The number of aliphatic hydroxyl groups is 1. The van der Waals surface area contributed by atoms with Crippen LogP contribution in [-0.4, -0.2) is 37.1 Å². The summed E-state index contributed by atoms with van der Waals surface area (Å²) in [6, 6.07) is 9.63. The number of halogens is 2. The van der Waals surface area contributed by atoms with Gasteiger partial charge in [-0.15, -0.1) is 0 Å². The number of rotatable bonds is 4. The van der Waals surface area contributed by atoms with Crippen LogP contribution in [0.15, 0.2) is 42.6 Å². The predicted molar refractivity (Wildman–Crippen MR) is 127 cm³/mol. The van der Waals surface area contributed by atoms with Crippen LogP contribution in [0.25, 0.3) is 22.2 Å². The third kappa shape index (κ3) is 3.43. The van der Waals surface area contributed by atoms with Gasteiger partial charge in [-0.3, -0.25) is 4.79 Å². The molecule has 2 bridgehead atoms. The number of aromatic nitrogens is 4. The molecule has 0 spiro atoms. The largest absolute Gasteiger partial charge is 0.434 e. The number of hydrogen-bond donors (Lipinski definition) is 2. The van der Waals surface area contributed by atoms with Crippen LogP contribution in [-0.2, 0) is 5.60 Å². The van der Waals surface area contributed by atoms with E-state index in [-0.39, 0.29) is 17.7 Å². The highest BCUT2D eigenvalue weighted by Gasteiger charge is 2.42. The van der Waals surface area contributed by atoms with Gasteiger partial charge < -0.3 is 19.7 Å². The zero-order valence-electron chi connectivity index (χ0n) is 19.8. The predicted octanol–water partition coefficient (Wildman–Crippen LogP) is 4.41. The van der Waals surface area contributed by atoms with Gasteiger partial charge in [0, 0.05) is 28.6 Å². The second kappa shape index (κ2) is 7.79. The van der Waals surface area contributed by atoms with Gasteiger partial charge in [0.2, 0.25) is 0 Å². The van der Waals surface area contributed by atoms with E-state index < -0.39 is 18.3 Å². The monoisotopic (exact) mass is 491 g/mol. The van der Waals surface area contributed by atoms with E-state index in [0.29, 0.717) is 34.9 Å². The molecule has 0 saturated heterocycles. The Bertz CT molecular complexity index is 1540. The number of ether oxygens (including phenoxy) is 1. The van der Waals surface area contributed by atoms with Crippen molar-refractivity contribution in [2.75, 3.05) is 0 Å². The molecule has 8 nitrogen and oxygen atoms in total. The van der Waals surface area contributed by atoms with E-state index in [9.17, 15) is 18.7 Å². The Balaban J connectivity index is 1.52. The Labute approximate surface area is 205 Å². The average Bonchev–Trinajstić information content (AvgIpc) is 3.30. The number of hydrogen-bond acceptors (Lipinski definition) is 6. The summed E-state index contributed by atoms with van der Waals surface area (Å²) >= 11 is 0. The Hall–Kier alpha value is -3.92. The maximum atomic E-state index is 13.2. The van der Waals surface area contributed by atoms with Gasteiger partial charge in [-0.1, -0.05) is 12.1 Å². The van der Waals surface area contributed by atoms with E-state index >= 15 is 0 Å². The van der Waals surface area contributed by atoms with E-state index in [1.807, 2.05) is 29.7 Å². The fourth-order valence-electron chi connectivity index (χ4n) is 5.22. The number of imidazole rings is 1. The Kier molecular flexibility index (Phi) is 4.88. The molecule has 6 rings (SSSR count). The lowest BCUT2D eigenvalue weighted by Gasteiger charge is -2.21. The van der Waals surface area contributed by atoms with Crippen molar-refractivity contribution in [3.05, 3.63) is 71.1 Å². The number of carbonyl (C=O) groups excluding carboxylic acids is 1. The standard InChI is InChI=1S/C26H23F2N5O3/c1-12-15(11-29-24(30-12)26(2,3)35)13-7-8-16-18(9-13)33-19-10-17(22(33)31-16)32-23(34)14-5-4-6-20(21(14)19)36-25(27)28/h4-9,11,17,19,25,35H,10H2,1-3H3,(H,32,34). The van der Waals surface area contributed by atoms with Crippen molar-refractivity contribution < 1.29 is 23.4 Å². The van der Waals surface area contributed by atoms with E-state index in [2.05, 4.69) is 15.3 Å². The highest BCUT2D eigenvalue weighted by Crippen LogP contribution is 2.47. The van der Waals surface area contributed by atoms with Gasteiger partial charge in [-0.05, 0) is 57.0 Å². The minimum Gasteiger partial charge on any atom is -0.434 e. The number of benzene rings is 2. The number of aryl methyl sites for hydroxylation is 1. The highest BCUT2D eigenvalue weighted by atomic mass is 19.3. The molecule has 10 heteroatoms. The first-order valence-electron chi connectivity index (χ1n) is 11.6. The molecule has 184 valence electrons. The average molecular weight is 491 g/mol. The van der Waals surface area contributed by atoms with Crippen molar-refractivity contribution in [1.82, 2.24) is 24.8 Å². The van der Waals surface area contributed by atoms with E-state index in [4.69, 9.17) is 9.72 Å². The van der Waals surface area contributed by atoms with E-state index in [1.54, 1.807) is 32.2 Å². The van der Waals surface area contributed by atoms with Crippen LogP contribution in [0.1, 0.15) is 65.6 Å². The van der Waals surface area contributed by atoms with Crippen LogP contribution >= 0.6 is 0 Å². The van der Waals surface area contributed by atoms with E-state index in [1.165, 1.54) is 6.07 Å². The quantitative estimate of drug-likeness (QED) is 0.439. The zero-order valence-corrected chi connectivity index (χ0v) is 19.8. The van der Waals surface area contributed by atoms with Crippen molar-refractivity contribution >= 4 is 16.9 Å². The normalized spacial score (nSPS) is 18.7. The molecule has 4 heterocycles. The molecule has 36 heavy (non-hydrogen) atoms. The third-order valence-corrected chi connectivity index (χ3v) is 6.80. The topological polar surface area (TPSA) is 102 Å². The molecule has 2 unspecified atom stereocenters. The maximum Gasteiger partial charge on any atom is 0.387 e.